The maximum atomic E-state index is 5.71. The summed E-state index contributed by atoms with van der Waals surface area (Å²) in [5.74, 6) is 1.44. The standard InChI is InChI=1S/C18H14N4OS/c1-11-14(12-5-3-2-4-6-12)10-15(24-11)18-21-17(22-23-18)13-7-8-20-16(19)9-13/h2-10H,1H3,(H2,19,20). The minimum atomic E-state index is 0.428. The lowest BCUT2D eigenvalue weighted by Gasteiger charge is -1.97. The number of aryl methyl sites for hydroxylation is 1. The van der Waals surface area contributed by atoms with Crippen LogP contribution in [0.5, 0.6) is 0 Å². The summed E-state index contributed by atoms with van der Waals surface area (Å²) in [4.78, 5) is 10.6. The van der Waals surface area contributed by atoms with Gasteiger partial charge in [0.2, 0.25) is 5.82 Å². The van der Waals surface area contributed by atoms with Crippen LogP contribution in [-0.2, 0) is 0 Å². The summed E-state index contributed by atoms with van der Waals surface area (Å²) < 4.78 is 5.44. The molecule has 2 N–H and O–H groups in total. The number of benzene rings is 1. The number of hydrogen-bond donors (Lipinski definition) is 1. The van der Waals surface area contributed by atoms with Crippen molar-refractivity contribution in [3.63, 3.8) is 0 Å². The van der Waals surface area contributed by atoms with Gasteiger partial charge in [0.05, 0.1) is 4.88 Å². The van der Waals surface area contributed by atoms with Crippen LogP contribution in [0.3, 0.4) is 0 Å². The van der Waals surface area contributed by atoms with Crippen molar-refractivity contribution < 1.29 is 4.52 Å². The lowest BCUT2D eigenvalue weighted by atomic mass is 10.1. The second-order valence-electron chi connectivity index (χ2n) is 5.34. The van der Waals surface area contributed by atoms with Gasteiger partial charge in [-0.15, -0.1) is 11.3 Å². The molecule has 4 aromatic rings. The number of nitrogens with zero attached hydrogens (tertiary/aromatic N) is 3. The quantitative estimate of drug-likeness (QED) is 0.600. The van der Waals surface area contributed by atoms with Crippen LogP contribution >= 0.6 is 11.3 Å². The van der Waals surface area contributed by atoms with Crippen LogP contribution in [0.15, 0.2) is 59.3 Å². The number of aromatic nitrogens is 3. The molecule has 0 radical (unpaired) electrons. The van der Waals surface area contributed by atoms with Crippen molar-refractivity contribution in [2.24, 2.45) is 0 Å². The number of pyridine rings is 1. The minimum absolute atomic E-state index is 0.428. The SMILES string of the molecule is Cc1sc(-c2nc(-c3ccnc(N)c3)no2)cc1-c1ccccc1. The van der Waals surface area contributed by atoms with Crippen molar-refractivity contribution >= 4 is 17.2 Å². The third-order valence-electron chi connectivity index (χ3n) is 3.68. The smallest absolute Gasteiger partial charge is 0.268 e. The molecule has 0 aliphatic heterocycles. The highest BCUT2D eigenvalue weighted by Crippen LogP contribution is 2.36. The lowest BCUT2D eigenvalue weighted by molar-refractivity contribution is 0.433. The first-order chi connectivity index (χ1) is 11.7. The summed E-state index contributed by atoms with van der Waals surface area (Å²) >= 11 is 1.64. The Morgan fingerprint density at radius 2 is 1.88 bits per heavy atom. The molecule has 4 rings (SSSR count). The maximum absolute atomic E-state index is 5.71. The molecule has 1 aromatic carbocycles. The zero-order valence-corrected chi connectivity index (χ0v) is 13.7. The van der Waals surface area contributed by atoms with Gasteiger partial charge < -0.3 is 10.3 Å². The van der Waals surface area contributed by atoms with Gasteiger partial charge in [0.15, 0.2) is 0 Å². The average Bonchev–Trinajstić information content (AvgIpc) is 3.22. The lowest BCUT2D eigenvalue weighted by Crippen LogP contribution is -1.90. The molecule has 3 heterocycles. The van der Waals surface area contributed by atoms with E-state index < -0.39 is 0 Å². The van der Waals surface area contributed by atoms with Crippen molar-refractivity contribution in [3.05, 3.63) is 59.6 Å². The van der Waals surface area contributed by atoms with E-state index in [1.807, 2.05) is 18.2 Å². The molecule has 24 heavy (non-hydrogen) atoms. The third-order valence-corrected chi connectivity index (χ3v) is 4.72. The molecule has 0 atom stereocenters. The Hall–Kier alpha value is -2.99. The summed E-state index contributed by atoms with van der Waals surface area (Å²) in [6.07, 6.45) is 1.63. The number of thiophene rings is 1. The molecule has 0 amide bonds. The fraction of sp³-hybridized carbons (Fsp3) is 0.0556. The molecule has 0 fully saturated rings. The van der Waals surface area contributed by atoms with Crippen molar-refractivity contribution in [1.29, 1.82) is 0 Å². The first-order valence-electron chi connectivity index (χ1n) is 7.42. The molecule has 5 nitrogen and oxygen atoms in total. The van der Waals surface area contributed by atoms with E-state index in [9.17, 15) is 0 Å². The average molecular weight is 334 g/mol. The number of nitrogen functional groups attached to an aromatic ring is 1. The Balaban J connectivity index is 1.71. The van der Waals surface area contributed by atoms with Crippen LogP contribution < -0.4 is 5.73 Å². The Bertz CT molecular complexity index is 991. The maximum Gasteiger partial charge on any atom is 0.268 e. The molecule has 0 saturated heterocycles. The first kappa shape index (κ1) is 14.6. The van der Waals surface area contributed by atoms with Crippen molar-refractivity contribution in [2.45, 2.75) is 6.92 Å². The highest BCUT2D eigenvalue weighted by molar-refractivity contribution is 7.15. The predicted molar refractivity (Wildman–Crippen MR) is 95.4 cm³/mol. The first-order valence-corrected chi connectivity index (χ1v) is 8.24. The van der Waals surface area contributed by atoms with Crippen LogP contribution in [0.4, 0.5) is 5.82 Å². The summed E-state index contributed by atoms with van der Waals surface area (Å²) in [5, 5.41) is 4.05. The summed E-state index contributed by atoms with van der Waals surface area (Å²) in [6, 6.07) is 15.9. The summed E-state index contributed by atoms with van der Waals surface area (Å²) in [7, 11) is 0. The largest absolute Gasteiger partial charge is 0.384 e. The zero-order valence-electron chi connectivity index (χ0n) is 12.9. The summed E-state index contributed by atoms with van der Waals surface area (Å²) in [5.41, 5.74) is 8.86. The van der Waals surface area contributed by atoms with E-state index in [1.54, 1.807) is 29.7 Å². The van der Waals surface area contributed by atoms with Crippen LogP contribution in [0.2, 0.25) is 0 Å². The normalized spacial score (nSPS) is 10.9. The fourth-order valence-corrected chi connectivity index (χ4v) is 3.48. The fourth-order valence-electron chi connectivity index (χ4n) is 2.52. The van der Waals surface area contributed by atoms with Gasteiger partial charge in [-0.1, -0.05) is 35.5 Å². The van der Waals surface area contributed by atoms with Gasteiger partial charge in [0.25, 0.3) is 5.89 Å². The van der Waals surface area contributed by atoms with Gasteiger partial charge in [0, 0.05) is 16.6 Å². The summed E-state index contributed by atoms with van der Waals surface area (Å²) in [6.45, 7) is 2.09. The minimum Gasteiger partial charge on any atom is -0.384 e. The molecular formula is C18H14N4OS. The Kier molecular flexibility index (Phi) is 3.59. The Morgan fingerprint density at radius 1 is 1.04 bits per heavy atom. The molecule has 118 valence electrons. The van der Waals surface area contributed by atoms with Crippen molar-refractivity contribution in [2.75, 3.05) is 5.73 Å². The van der Waals surface area contributed by atoms with Crippen LogP contribution in [0, 0.1) is 6.92 Å². The second kappa shape index (κ2) is 5.90. The van der Waals surface area contributed by atoms with Gasteiger partial charge in [-0.3, -0.25) is 0 Å². The predicted octanol–water partition coefficient (Wildman–Crippen LogP) is 4.42. The van der Waals surface area contributed by atoms with Crippen molar-refractivity contribution in [3.8, 4) is 33.3 Å². The van der Waals surface area contributed by atoms with Gasteiger partial charge in [-0.2, -0.15) is 4.98 Å². The topological polar surface area (TPSA) is 77.8 Å². The molecule has 6 heteroatoms. The van der Waals surface area contributed by atoms with E-state index in [-0.39, 0.29) is 0 Å². The number of rotatable bonds is 3. The molecule has 0 aliphatic carbocycles. The molecule has 0 aliphatic rings. The van der Waals surface area contributed by atoms with Gasteiger partial charge in [-0.05, 0) is 36.2 Å². The molecule has 0 bridgehead atoms. The molecule has 0 spiro atoms. The van der Waals surface area contributed by atoms with E-state index in [4.69, 9.17) is 10.3 Å². The van der Waals surface area contributed by atoms with Crippen molar-refractivity contribution in [1.82, 2.24) is 15.1 Å². The van der Waals surface area contributed by atoms with E-state index in [0.717, 1.165) is 10.4 Å². The molecule has 0 unspecified atom stereocenters. The Labute approximate surface area is 142 Å². The van der Waals surface area contributed by atoms with Gasteiger partial charge in [-0.25, -0.2) is 4.98 Å². The second-order valence-corrected chi connectivity index (χ2v) is 6.60. The third kappa shape index (κ3) is 2.68. The number of anilines is 1. The number of hydrogen-bond acceptors (Lipinski definition) is 6. The monoisotopic (exact) mass is 334 g/mol. The van der Waals surface area contributed by atoms with E-state index in [0.29, 0.717) is 17.5 Å². The van der Waals surface area contributed by atoms with E-state index in [1.165, 1.54) is 16.0 Å². The van der Waals surface area contributed by atoms with Crippen LogP contribution in [0.25, 0.3) is 33.3 Å². The highest BCUT2D eigenvalue weighted by atomic mass is 32.1. The van der Waals surface area contributed by atoms with Crippen LogP contribution in [-0.4, -0.2) is 15.1 Å². The zero-order chi connectivity index (χ0) is 16.5. The van der Waals surface area contributed by atoms with E-state index >= 15 is 0 Å². The van der Waals surface area contributed by atoms with Gasteiger partial charge in [0.1, 0.15) is 5.82 Å². The molecular weight excluding hydrogens is 320 g/mol. The number of nitrogens with two attached hydrogens (primary N) is 1. The Morgan fingerprint density at radius 3 is 2.67 bits per heavy atom. The van der Waals surface area contributed by atoms with E-state index in [2.05, 4.69) is 40.2 Å². The highest BCUT2D eigenvalue weighted by Gasteiger charge is 2.15. The molecule has 0 saturated carbocycles. The van der Waals surface area contributed by atoms with Gasteiger partial charge >= 0.3 is 0 Å². The van der Waals surface area contributed by atoms with Crippen LogP contribution in [0.1, 0.15) is 4.88 Å². The molecule has 3 aromatic heterocycles.